The van der Waals surface area contributed by atoms with Gasteiger partial charge in [0.1, 0.15) is 11.6 Å². The number of anilines is 2. The van der Waals surface area contributed by atoms with Crippen molar-refractivity contribution in [1.29, 1.82) is 0 Å². The smallest absolute Gasteiger partial charge is 0.254 e. The molecule has 2 N–H and O–H groups in total. The van der Waals surface area contributed by atoms with Gasteiger partial charge in [0, 0.05) is 31.8 Å². The summed E-state index contributed by atoms with van der Waals surface area (Å²) in [5.74, 6) is 1.69. The van der Waals surface area contributed by atoms with Gasteiger partial charge in [-0.1, -0.05) is 11.3 Å². The topological polar surface area (TPSA) is 88.2 Å². The van der Waals surface area contributed by atoms with Crippen LogP contribution in [-0.2, 0) is 13.0 Å². The Hall–Kier alpha value is -2.74. The Morgan fingerprint density at radius 2 is 2.00 bits per heavy atom. The molecule has 2 aromatic heterocycles. The van der Waals surface area contributed by atoms with Crippen LogP contribution in [0.2, 0.25) is 0 Å². The minimum atomic E-state index is 0.0142. The maximum Gasteiger partial charge on any atom is 0.254 e. The second-order valence-corrected chi connectivity index (χ2v) is 8.15. The van der Waals surface area contributed by atoms with E-state index in [1.165, 1.54) is 11.3 Å². The van der Waals surface area contributed by atoms with Crippen molar-refractivity contribution < 1.29 is 4.79 Å². The fourth-order valence-electron chi connectivity index (χ4n) is 3.59. The summed E-state index contributed by atoms with van der Waals surface area (Å²) in [5, 5.41) is 0.521. The Kier molecular flexibility index (Phi) is 4.22. The lowest BCUT2D eigenvalue weighted by Crippen LogP contribution is -2.37. The molecule has 140 valence electrons. The summed E-state index contributed by atoms with van der Waals surface area (Å²) in [6, 6.07) is 3.79. The van der Waals surface area contributed by atoms with Gasteiger partial charge < -0.3 is 15.5 Å². The first kappa shape index (κ1) is 17.7. The van der Waals surface area contributed by atoms with Gasteiger partial charge in [0.25, 0.3) is 5.91 Å². The molecule has 1 amide bonds. The first-order chi connectivity index (χ1) is 12.8. The summed E-state index contributed by atoms with van der Waals surface area (Å²) in [6.07, 6.45) is 0.754. The molecule has 0 saturated carbocycles. The second kappa shape index (κ2) is 6.45. The number of aromatic nitrogens is 3. The number of amides is 1. The molecule has 0 radical (unpaired) electrons. The quantitative estimate of drug-likeness (QED) is 0.733. The highest BCUT2D eigenvalue weighted by molar-refractivity contribution is 7.22. The lowest BCUT2D eigenvalue weighted by atomic mass is 10.0. The maximum absolute atomic E-state index is 13.1. The van der Waals surface area contributed by atoms with Crippen LogP contribution in [0.3, 0.4) is 0 Å². The van der Waals surface area contributed by atoms with Gasteiger partial charge in [0.2, 0.25) is 0 Å². The third kappa shape index (κ3) is 3.10. The highest BCUT2D eigenvalue weighted by atomic mass is 32.1. The van der Waals surface area contributed by atoms with Gasteiger partial charge in [-0.3, -0.25) is 4.79 Å². The number of rotatable bonds is 2. The molecule has 0 bridgehead atoms. The van der Waals surface area contributed by atoms with E-state index in [1.807, 2.05) is 49.9 Å². The van der Waals surface area contributed by atoms with Crippen LogP contribution in [0.5, 0.6) is 0 Å². The molecule has 0 unspecified atom stereocenters. The molecule has 0 saturated heterocycles. The standard InChI is InChI=1S/C19H22N6OS/c1-10-7-12(8-15-16(10)23-19(20)27-15)18(26)25-6-5-13-14(9-25)21-11(2)22-17(13)24(3)4/h7-8H,5-6,9H2,1-4H3,(H2,20,23). The van der Waals surface area contributed by atoms with E-state index in [-0.39, 0.29) is 5.91 Å². The molecule has 1 aliphatic rings. The van der Waals surface area contributed by atoms with E-state index in [0.717, 1.165) is 45.1 Å². The summed E-state index contributed by atoms with van der Waals surface area (Å²) in [4.78, 5) is 30.5. The van der Waals surface area contributed by atoms with Gasteiger partial charge in [-0.15, -0.1) is 0 Å². The van der Waals surface area contributed by atoms with E-state index in [4.69, 9.17) is 5.73 Å². The lowest BCUT2D eigenvalue weighted by molar-refractivity contribution is 0.0731. The molecule has 1 aromatic carbocycles. The van der Waals surface area contributed by atoms with Crippen molar-refractivity contribution in [3.05, 3.63) is 40.3 Å². The SMILES string of the molecule is Cc1nc2c(c(N(C)C)n1)CCN(C(=O)c1cc(C)c3nc(N)sc3c1)C2. The highest BCUT2D eigenvalue weighted by Crippen LogP contribution is 2.30. The van der Waals surface area contributed by atoms with E-state index in [0.29, 0.717) is 23.8 Å². The van der Waals surface area contributed by atoms with Gasteiger partial charge in [0.05, 0.1) is 22.5 Å². The summed E-state index contributed by atoms with van der Waals surface area (Å²) >= 11 is 1.41. The van der Waals surface area contributed by atoms with E-state index in [9.17, 15) is 4.79 Å². The van der Waals surface area contributed by atoms with E-state index >= 15 is 0 Å². The summed E-state index contributed by atoms with van der Waals surface area (Å²) in [6.45, 7) is 5.00. The zero-order valence-electron chi connectivity index (χ0n) is 15.9. The number of hydrogen-bond acceptors (Lipinski definition) is 7. The molecular formula is C19H22N6OS. The molecule has 0 spiro atoms. The third-order valence-corrected chi connectivity index (χ3v) is 5.65. The number of thiazole rings is 1. The van der Waals surface area contributed by atoms with Crippen LogP contribution in [0, 0.1) is 13.8 Å². The van der Waals surface area contributed by atoms with Gasteiger partial charge in [0.15, 0.2) is 5.13 Å². The largest absolute Gasteiger partial charge is 0.375 e. The van der Waals surface area contributed by atoms with Crippen molar-refractivity contribution in [2.45, 2.75) is 26.8 Å². The molecule has 4 rings (SSSR count). The molecule has 0 atom stereocenters. The van der Waals surface area contributed by atoms with E-state index in [2.05, 4.69) is 15.0 Å². The molecule has 1 aliphatic heterocycles. The number of hydrogen-bond donors (Lipinski definition) is 1. The summed E-state index contributed by atoms with van der Waals surface area (Å²) in [5.41, 5.74) is 10.4. The number of nitrogens with two attached hydrogens (primary N) is 1. The number of nitrogens with zero attached hydrogens (tertiary/aromatic N) is 5. The number of benzene rings is 1. The third-order valence-electron chi connectivity index (χ3n) is 4.81. The van der Waals surface area contributed by atoms with Crippen LogP contribution in [0.25, 0.3) is 10.2 Å². The van der Waals surface area contributed by atoms with Crippen molar-refractivity contribution in [2.24, 2.45) is 0 Å². The number of aryl methyl sites for hydroxylation is 2. The van der Waals surface area contributed by atoms with Crippen LogP contribution in [0.4, 0.5) is 10.9 Å². The molecule has 7 nitrogen and oxygen atoms in total. The van der Waals surface area contributed by atoms with Crippen LogP contribution < -0.4 is 10.6 Å². The second-order valence-electron chi connectivity index (χ2n) is 7.08. The van der Waals surface area contributed by atoms with Crippen molar-refractivity contribution in [2.75, 3.05) is 31.3 Å². The van der Waals surface area contributed by atoms with Gasteiger partial charge in [-0.25, -0.2) is 15.0 Å². The van der Waals surface area contributed by atoms with Crippen molar-refractivity contribution in [1.82, 2.24) is 19.9 Å². The Morgan fingerprint density at radius 3 is 2.74 bits per heavy atom. The van der Waals surface area contributed by atoms with Gasteiger partial charge in [-0.2, -0.15) is 0 Å². The van der Waals surface area contributed by atoms with Crippen LogP contribution >= 0.6 is 11.3 Å². The van der Waals surface area contributed by atoms with E-state index in [1.54, 1.807) is 0 Å². The molecule has 8 heteroatoms. The Labute approximate surface area is 161 Å². The summed E-state index contributed by atoms with van der Waals surface area (Å²) < 4.78 is 0.946. The number of nitrogen functional groups attached to an aromatic ring is 1. The van der Waals surface area contributed by atoms with Crippen molar-refractivity contribution >= 4 is 38.4 Å². The minimum Gasteiger partial charge on any atom is -0.375 e. The first-order valence-electron chi connectivity index (χ1n) is 8.83. The number of carbonyl (C=O) groups is 1. The van der Waals surface area contributed by atoms with Gasteiger partial charge >= 0.3 is 0 Å². The van der Waals surface area contributed by atoms with Crippen molar-refractivity contribution in [3.63, 3.8) is 0 Å². The monoisotopic (exact) mass is 382 g/mol. The average Bonchev–Trinajstić information content (AvgIpc) is 3.00. The molecule has 27 heavy (non-hydrogen) atoms. The average molecular weight is 382 g/mol. The Morgan fingerprint density at radius 1 is 1.22 bits per heavy atom. The predicted molar refractivity (Wildman–Crippen MR) is 108 cm³/mol. The van der Waals surface area contributed by atoms with Crippen LogP contribution in [-0.4, -0.2) is 46.4 Å². The highest BCUT2D eigenvalue weighted by Gasteiger charge is 2.26. The maximum atomic E-state index is 13.1. The molecular weight excluding hydrogens is 360 g/mol. The number of carbonyl (C=O) groups excluding carboxylic acids is 1. The van der Waals surface area contributed by atoms with Crippen molar-refractivity contribution in [3.8, 4) is 0 Å². The van der Waals surface area contributed by atoms with E-state index < -0.39 is 0 Å². The fourth-order valence-corrected chi connectivity index (χ4v) is 4.45. The molecule has 0 aliphatic carbocycles. The minimum absolute atomic E-state index is 0.0142. The molecule has 0 fully saturated rings. The zero-order chi connectivity index (χ0) is 19.3. The Balaban J connectivity index is 1.67. The zero-order valence-corrected chi connectivity index (χ0v) is 16.7. The fraction of sp³-hybridized carbons (Fsp3) is 0.368. The van der Waals surface area contributed by atoms with Crippen LogP contribution in [0.1, 0.15) is 33.0 Å². The van der Waals surface area contributed by atoms with Gasteiger partial charge in [-0.05, 0) is 38.0 Å². The first-order valence-corrected chi connectivity index (χ1v) is 9.65. The molecule has 3 heterocycles. The number of fused-ring (bicyclic) bond motifs is 2. The Bertz CT molecular complexity index is 1060. The predicted octanol–water partition coefficient (Wildman–Crippen LogP) is 2.55. The van der Waals surface area contributed by atoms with Crippen LogP contribution in [0.15, 0.2) is 12.1 Å². The molecule has 3 aromatic rings. The normalized spacial score (nSPS) is 13.7. The lowest BCUT2D eigenvalue weighted by Gasteiger charge is -2.30. The summed E-state index contributed by atoms with van der Waals surface area (Å²) in [7, 11) is 3.97.